The summed E-state index contributed by atoms with van der Waals surface area (Å²) in [5, 5.41) is 69.2. The van der Waals surface area contributed by atoms with Gasteiger partial charge in [-0.05, 0) is 17.7 Å². The fourth-order valence-electron chi connectivity index (χ4n) is 3.77. The number of aromatic hydroxyl groups is 3. The number of hydrogen-bond acceptors (Lipinski definition) is 11. The van der Waals surface area contributed by atoms with Gasteiger partial charge in [0.1, 0.15) is 53.0 Å². The third-order valence-electron chi connectivity index (χ3n) is 5.45. The van der Waals surface area contributed by atoms with Crippen molar-refractivity contribution in [3.63, 3.8) is 0 Å². The molecule has 0 aliphatic carbocycles. The number of fused-ring (bicyclic) bond motifs is 1. The van der Waals surface area contributed by atoms with Gasteiger partial charge in [-0.2, -0.15) is 0 Å². The van der Waals surface area contributed by atoms with Crippen molar-refractivity contribution in [1.82, 2.24) is 0 Å². The fourth-order valence-corrected chi connectivity index (χ4v) is 3.77. The molecule has 0 unspecified atom stereocenters. The van der Waals surface area contributed by atoms with Crippen LogP contribution in [0.4, 0.5) is 0 Å². The highest BCUT2D eigenvalue weighted by Gasteiger charge is 2.49. The van der Waals surface area contributed by atoms with Crippen molar-refractivity contribution in [3.05, 3.63) is 47.5 Å². The average molecular weight is 450 g/mol. The Balaban J connectivity index is 1.72. The molecular weight excluding hydrogens is 428 g/mol. The molecule has 4 rings (SSSR count). The van der Waals surface area contributed by atoms with Crippen LogP contribution in [-0.2, 0) is 9.47 Å². The van der Waals surface area contributed by atoms with Gasteiger partial charge < -0.3 is 50.0 Å². The van der Waals surface area contributed by atoms with Crippen LogP contribution in [0, 0.1) is 0 Å². The molecule has 11 nitrogen and oxygen atoms in total. The number of aliphatic hydroxyl groups is 4. The standard InChI is InChI=1S/C21H22O11/c22-7-13-15(26)17(28)18(29)21(31-13)32-20-16(27)14-11(25)5-10(24)6-12(14)30-19(20)8-1-3-9(23)4-2-8/h1-6,13,15,17-26,28-29H,7H2/t13-,15-,17+,18-,19+,20+,21+/m1/s1. The first-order valence-corrected chi connectivity index (χ1v) is 9.73. The molecule has 32 heavy (non-hydrogen) atoms. The molecule has 7 atom stereocenters. The fraction of sp³-hybridized carbons (Fsp3) is 0.381. The summed E-state index contributed by atoms with van der Waals surface area (Å²) in [5.41, 5.74) is 0.103. The highest BCUT2D eigenvalue weighted by molar-refractivity contribution is 6.05. The first-order valence-electron chi connectivity index (χ1n) is 9.73. The molecule has 2 aliphatic heterocycles. The van der Waals surface area contributed by atoms with Crippen molar-refractivity contribution in [2.45, 2.75) is 42.9 Å². The molecule has 1 fully saturated rings. The summed E-state index contributed by atoms with van der Waals surface area (Å²) in [4.78, 5) is 13.3. The molecule has 2 heterocycles. The van der Waals surface area contributed by atoms with Crippen LogP contribution in [0.3, 0.4) is 0 Å². The number of rotatable bonds is 4. The van der Waals surface area contributed by atoms with E-state index in [1.807, 2.05) is 0 Å². The molecule has 0 bridgehead atoms. The molecule has 2 aromatic carbocycles. The maximum absolute atomic E-state index is 13.3. The largest absolute Gasteiger partial charge is 0.508 e. The first-order chi connectivity index (χ1) is 15.2. The molecule has 11 heteroatoms. The van der Waals surface area contributed by atoms with Gasteiger partial charge in [0, 0.05) is 12.1 Å². The minimum absolute atomic E-state index is 0.0435. The van der Waals surface area contributed by atoms with Crippen molar-refractivity contribution >= 4 is 5.78 Å². The number of phenolic OH excluding ortho intramolecular Hbond substituents is 3. The van der Waals surface area contributed by atoms with Crippen LogP contribution in [0.2, 0.25) is 0 Å². The predicted octanol–water partition coefficient (Wildman–Crippen LogP) is -0.695. The van der Waals surface area contributed by atoms with Crippen LogP contribution in [-0.4, -0.2) is 84.9 Å². The van der Waals surface area contributed by atoms with Crippen LogP contribution in [0.1, 0.15) is 22.0 Å². The third kappa shape index (κ3) is 3.86. The van der Waals surface area contributed by atoms with Gasteiger partial charge in [0.15, 0.2) is 18.5 Å². The molecule has 172 valence electrons. The summed E-state index contributed by atoms with van der Waals surface area (Å²) in [6.07, 6.45) is -10.7. The van der Waals surface area contributed by atoms with Gasteiger partial charge in [0.25, 0.3) is 0 Å². The molecule has 1 saturated heterocycles. The van der Waals surface area contributed by atoms with E-state index < -0.39 is 61.1 Å². The summed E-state index contributed by atoms with van der Waals surface area (Å²) in [6, 6.07) is 7.72. The van der Waals surface area contributed by atoms with Crippen LogP contribution < -0.4 is 4.74 Å². The van der Waals surface area contributed by atoms with E-state index in [0.29, 0.717) is 5.56 Å². The zero-order chi connectivity index (χ0) is 23.2. The maximum Gasteiger partial charge on any atom is 0.203 e. The van der Waals surface area contributed by atoms with Crippen molar-refractivity contribution < 1.29 is 54.8 Å². The van der Waals surface area contributed by atoms with Gasteiger partial charge >= 0.3 is 0 Å². The summed E-state index contributed by atoms with van der Waals surface area (Å²) >= 11 is 0. The van der Waals surface area contributed by atoms with Gasteiger partial charge in [-0.3, -0.25) is 4.79 Å². The molecule has 0 spiro atoms. The van der Waals surface area contributed by atoms with Crippen molar-refractivity contribution in [2.24, 2.45) is 0 Å². The van der Waals surface area contributed by atoms with Crippen LogP contribution >= 0.6 is 0 Å². The van der Waals surface area contributed by atoms with Crippen LogP contribution in [0.15, 0.2) is 36.4 Å². The topological polar surface area (TPSA) is 186 Å². The Hall–Kier alpha value is -2.93. The van der Waals surface area contributed by atoms with E-state index in [2.05, 4.69) is 0 Å². The Morgan fingerprint density at radius 2 is 1.59 bits per heavy atom. The molecule has 0 saturated carbocycles. The maximum atomic E-state index is 13.3. The number of Topliss-reactive ketones (excluding diaryl/α,β-unsaturated/α-hetero) is 1. The first kappa shape index (κ1) is 22.3. The van der Waals surface area contributed by atoms with E-state index in [9.17, 15) is 40.5 Å². The normalized spacial score (nSPS) is 32.2. The smallest absolute Gasteiger partial charge is 0.203 e. The van der Waals surface area contributed by atoms with Gasteiger partial charge in [-0.1, -0.05) is 12.1 Å². The second-order valence-corrected chi connectivity index (χ2v) is 7.59. The predicted molar refractivity (Wildman–Crippen MR) is 104 cm³/mol. The number of phenols is 3. The van der Waals surface area contributed by atoms with E-state index in [-0.39, 0.29) is 22.8 Å². The third-order valence-corrected chi connectivity index (χ3v) is 5.45. The van der Waals surface area contributed by atoms with Gasteiger partial charge in [-0.15, -0.1) is 0 Å². The zero-order valence-corrected chi connectivity index (χ0v) is 16.5. The number of carbonyl (C=O) groups excluding carboxylic acids is 1. The minimum Gasteiger partial charge on any atom is -0.508 e. The quantitative estimate of drug-likeness (QED) is 0.312. The molecule has 7 N–H and O–H groups in total. The lowest BCUT2D eigenvalue weighted by Gasteiger charge is -2.42. The van der Waals surface area contributed by atoms with E-state index in [1.54, 1.807) is 0 Å². The van der Waals surface area contributed by atoms with Gasteiger partial charge in [0.05, 0.1) is 6.61 Å². The Labute approximate surface area is 181 Å². The van der Waals surface area contributed by atoms with Crippen molar-refractivity contribution in [3.8, 4) is 23.0 Å². The molecule has 0 radical (unpaired) electrons. The molecular formula is C21H22O11. The molecule has 0 amide bonds. The number of carbonyl (C=O) groups is 1. The molecule has 2 aromatic rings. The Morgan fingerprint density at radius 3 is 2.25 bits per heavy atom. The lowest BCUT2D eigenvalue weighted by molar-refractivity contribution is -0.311. The summed E-state index contributed by atoms with van der Waals surface area (Å²) in [7, 11) is 0. The van der Waals surface area contributed by atoms with Crippen LogP contribution in [0.25, 0.3) is 0 Å². The Morgan fingerprint density at radius 1 is 0.906 bits per heavy atom. The van der Waals surface area contributed by atoms with Gasteiger partial charge in [-0.25, -0.2) is 0 Å². The van der Waals surface area contributed by atoms with Gasteiger partial charge in [0.2, 0.25) is 5.78 Å². The molecule has 2 aliphatic rings. The second kappa shape index (κ2) is 8.54. The zero-order valence-electron chi connectivity index (χ0n) is 16.5. The van der Waals surface area contributed by atoms with Crippen molar-refractivity contribution in [2.75, 3.05) is 6.61 Å². The van der Waals surface area contributed by atoms with E-state index in [4.69, 9.17) is 14.2 Å². The lowest BCUT2D eigenvalue weighted by Crippen LogP contribution is -2.60. The Kier molecular flexibility index (Phi) is 5.95. The summed E-state index contributed by atoms with van der Waals surface area (Å²) in [5.74, 6) is -1.82. The monoisotopic (exact) mass is 450 g/mol. The van der Waals surface area contributed by atoms with E-state index in [0.717, 1.165) is 12.1 Å². The number of aliphatic hydroxyl groups excluding tert-OH is 4. The lowest BCUT2D eigenvalue weighted by atomic mass is 9.92. The number of benzene rings is 2. The highest BCUT2D eigenvalue weighted by atomic mass is 16.7. The summed E-state index contributed by atoms with van der Waals surface area (Å²) < 4.78 is 16.9. The SMILES string of the molecule is O=C1c2c(O)cc(O)cc2O[C@@H](c2ccc(O)cc2)[C@H]1O[C@@H]1O[C@H](CO)[C@@H](O)[C@H](O)[C@H]1O. The second-order valence-electron chi connectivity index (χ2n) is 7.59. The average Bonchev–Trinajstić information content (AvgIpc) is 2.75. The highest BCUT2D eigenvalue weighted by Crippen LogP contribution is 2.43. The Bertz CT molecular complexity index is 990. The van der Waals surface area contributed by atoms with Crippen LogP contribution in [0.5, 0.6) is 23.0 Å². The number of ether oxygens (including phenoxy) is 3. The number of ketones is 1. The van der Waals surface area contributed by atoms with E-state index in [1.165, 1.54) is 24.3 Å². The number of hydrogen-bond donors (Lipinski definition) is 7. The summed E-state index contributed by atoms with van der Waals surface area (Å²) in [6.45, 7) is -0.690. The molecule has 0 aromatic heterocycles. The van der Waals surface area contributed by atoms with Crippen molar-refractivity contribution in [1.29, 1.82) is 0 Å². The van der Waals surface area contributed by atoms with E-state index >= 15 is 0 Å². The minimum atomic E-state index is -1.77.